The lowest BCUT2D eigenvalue weighted by atomic mass is 10.1. The molecule has 0 unspecified atom stereocenters. The minimum Gasteiger partial charge on any atom is -0.359 e. The van der Waals surface area contributed by atoms with E-state index in [4.69, 9.17) is 10.5 Å². The zero-order valence-corrected chi connectivity index (χ0v) is 11.5. The summed E-state index contributed by atoms with van der Waals surface area (Å²) < 4.78 is 1.04. The van der Waals surface area contributed by atoms with E-state index in [1.54, 1.807) is 0 Å². The number of nitrogens with zero attached hydrogens (tertiary/aromatic N) is 2. The third-order valence-electron chi connectivity index (χ3n) is 2.48. The summed E-state index contributed by atoms with van der Waals surface area (Å²) in [4.78, 5) is 0. The van der Waals surface area contributed by atoms with Crippen LogP contribution in [-0.4, -0.2) is 0 Å². The molecule has 0 aromatic heterocycles. The van der Waals surface area contributed by atoms with Crippen LogP contribution < -0.4 is 5.32 Å². The first kappa shape index (κ1) is 13.3. The van der Waals surface area contributed by atoms with Crippen LogP contribution in [0.5, 0.6) is 0 Å². The summed E-state index contributed by atoms with van der Waals surface area (Å²) in [5.41, 5.74) is 4.28. The van der Waals surface area contributed by atoms with Gasteiger partial charge in [-0.2, -0.15) is 10.5 Å². The van der Waals surface area contributed by atoms with Gasteiger partial charge in [-0.1, -0.05) is 22.0 Å². The van der Waals surface area contributed by atoms with Crippen molar-refractivity contribution in [1.82, 2.24) is 0 Å². The SMILES string of the molecule is Cc1cc(C)c(NC=C(C#N)C#N)c(C)c1Br. The summed E-state index contributed by atoms with van der Waals surface area (Å²) in [6.45, 7) is 6.00. The molecule has 0 amide bonds. The molecule has 86 valence electrons. The summed E-state index contributed by atoms with van der Waals surface area (Å²) in [6, 6.07) is 5.67. The van der Waals surface area contributed by atoms with Crippen molar-refractivity contribution in [3.05, 3.63) is 39.0 Å². The van der Waals surface area contributed by atoms with Crippen LogP contribution in [0.4, 0.5) is 5.69 Å². The minimum absolute atomic E-state index is 0.0560. The summed E-state index contributed by atoms with van der Waals surface area (Å²) >= 11 is 3.51. The Morgan fingerprint density at radius 3 is 2.35 bits per heavy atom. The third kappa shape index (κ3) is 2.87. The van der Waals surface area contributed by atoms with Crippen molar-refractivity contribution in [3.8, 4) is 12.1 Å². The smallest absolute Gasteiger partial charge is 0.145 e. The Hall–Kier alpha value is -1.78. The molecule has 1 N–H and O–H groups in total. The maximum atomic E-state index is 8.65. The van der Waals surface area contributed by atoms with E-state index >= 15 is 0 Å². The molecule has 0 atom stereocenters. The van der Waals surface area contributed by atoms with Crippen LogP contribution in [0.1, 0.15) is 16.7 Å². The summed E-state index contributed by atoms with van der Waals surface area (Å²) in [5, 5.41) is 20.3. The Morgan fingerprint density at radius 2 is 1.82 bits per heavy atom. The predicted molar refractivity (Wildman–Crippen MR) is 71.3 cm³/mol. The number of benzene rings is 1. The van der Waals surface area contributed by atoms with Gasteiger partial charge in [0, 0.05) is 16.4 Å². The molecule has 0 spiro atoms. The molecule has 3 nitrogen and oxygen atoms in total. The average Bonchev–Trinajstić information content (AvgIpc) is 2.31. The van der Waals surface area contributed by atoms with Gasteiger partial charge in [-0.15, -0.1) is 0 Å². The van der Waals surface area contributed by atoms with Crippen molar-refractivity contribution >= 4 is 21.6 Å². The highest BCUT2D eigenvalue weighted by Crippen LogP contribution is 2.30. The highest BCUT2D eigenvalue weighted by molar-refractivity contribution is 9.10. The number of aryl methyl sites for hydroxylation is 2. The topological polar surface area (TPSA) is 59.6 Å². The number of hydrogen-bond acceptors (Lipinski definition) is 3. The highest BCUT2D eigenvalue weighted by Gasteiger charge is 2.08. The van der Waals surface area contributed by atoms with Crippen LogP contribution >= 0.6 is 15.9 Å². The van der Waals surface area contributed by atoms with Crippen molar-refractivity contribution in [2.75, 3.05) is 5.32 Å². The molecule has 0 aliphatic carbocycles. The maximum absolute atomic E-state index is 8.65. The maximum Gasteiger partial charge on any atom is 0.145 e. The molecule has 0 aliphatic heterocycles. The predicted octanol–water partition coefficient (Wildman–Crippen LogP) is 3.72. The van der Waals surface area contributed by atoms with Crippen LogP contribution in [0, 0.1) is 43.4 Å². The molecule has 0 bridgehead atoms. The molecule has 1 aromatic carbocycles. The van der Waals surface area contributed by atoms with E-state index < -0.39 is 0 Å². The lowest BCUT2D eigenvalue weighted by Gasteiger charge is -2.13. The first-order valence-corrected chi connectivity index (χ1v) is 5.83. The number of nitrogens with one attached hydrogen (secondary N) is 1. The molecular weight excluding hydrogens is 278 g/mol. The normalized spacial score (nSPS) is 9.06. The van der Waals surface area contributed by atoms with Crippen molar-refractivity contribution in [3.63, 3.8) is 0 Å². The summed E-state index contributed by atoms with van der Waals surface area (Å²) in [6.07, 6.45) is 1.43. The second-order valence-corrected chi connectivity index (χ2v) is 4.54. The van der Waals surface area contributed by atoms with Crippen LogP contribution in [0.2, 0.25) is 0 Å². The second-order valence-electron chi connectivity index (χ2n) is 3.75. The number of halogens is 1. The van der Waals surface area contributed by atoms with E-state index in [1.165, 1.54) is 6.20 Å². The fourth-order valence-electron chi connectivity index (χ4n) is 1.62. The molecule has 0 radical (unpaired) electrons. The lowest BCUT2D eigenvalue weighted by Crippen LogP contribution is -1.98. The zero-order valence-electron chi connectivity index (χ0n) is 9.93. The Morgan fingerprint density at radius 1 is 1.24 bits per heavy atom. The van der Waals surface area contributed by atoms with E-state index in [0.29, 0.717) is 0 Å². The van der Waals surface area contributed by atoms with Gasteiger partial charge in [0.1, 0.15) is 17.7 Å². The largest absolute Gasteiger partial charge is 0.359 e. The molecule has 1 aromatic rings. The van der Waals surface area contributed by atoms with Crippen LogP contribution in [-0.2, 0) is 0 Å². The molecule has 1 rings (SSSR count). The van der Waals surface area contributed by atoms with Crippen LogP contribution in [0.3, 0.4) is 0 Å². The summed E-state index contributed by atoms with van der Waals surface area (Å²) in [7, 11) is 0. The number of nitriles is 2. The number of hydrogen-bond donors (Lipinski definition) is 1. The van der Waals surface area contributed by atoms with Crippen LogP contribution in [0.25, 0.3) is 0 Å². The van der Waals surface area contributed by atoms with Gasteiger partial charge in [-0.3, -0.25) is 0 Å². The monoisotopic (exact) mass is 289 g/mol. The third-order valence-corrected chi connectivity index (χ3v) is 3.70. The number of allylic oxidation sites excluding steroid dienone is 1. The molecule has 0 fully saturated rings. The van der Waals surface area contributed by atoms with Crippen molar-refractivity contribution in [2.45, 2.75) is 20.8 Å². The quantitative estimate of drug-likeness (QED) is 0.844. The fourth-order valence-corrected chi connectivity index (χ4v) is 1.93. The first-order chi connectivity index (χ1) is 8.01. The lowest BCUT2D eigenvalue weighted by molar-refractivity contribution is 1.28. The Balaban J connectivity index is 3.18. The van der Waals surface area contributed by atoms with Crippen LogP contribution in [0.15, 0.2) is 22.3 Å². The van der Waals surface area contributed by atoms with Gasteiger partial charge < -0.3 is 5.32 Å². The first-order valence-electron chi connectivity index (χ1n) is 5.04. The van der Waals surface area contributed by atoms with Crippen molar-refractivity contribution < 1.29 is 0 Å². The Bertz CT molecular complexity index is 543. The number of anilines is 1. The Kier molecular flexibility index (Phi) is 4.31. The van der Waals surface area contributed by atoms with Gasteiger partial charge in [0.2, 0.25) is 0 Å². The Labute approximate surface area is 109 Å². The van der Waals surface area contributed by atoms with E-state index in [9.17, 15) is 0 Å². The van der Waals surface area contributed by atoms with E-state index in [-0.39, 0.29) is 5.57 Å². The van der Waals surface area contributed by atoms with Crippen molar-refractivity contribution in [2.24, 2.45) is 0 Å². The van der Waals surface area contributed by atoms with Crippen molar-refractivity contribution in [1.29, 1.82) is 10.5 Å². The van der Waals surface area contributed by atoms with Gasteiger partial charge in [0.05, 0.1) is 0 Å². The standard InChI is InChI=1S/C13H12BrN3/c1-8-4-9(2)13(10(3)12(8)14)17-7-11(5-15)6-16/h4,7,17H,1-3H3. The van der Waals surface area contributed by atoms with Gasteiger partial charge in [-0.05, 0) is 37.5 Å². The van der Waals surface area contributed by atoms with Gasteiger partial charge >= 0.3 is 0 Å². The van der Waals surface area contributed by atoms with E-state index in [2.05, 4.69) is 21.2 Å². The molecule has 0 aliphatic rings. The molecule has 4 heteroatoms. The molecule has 17 heavy (non-hydrogen) atoms. The molecule has 0 saturated carbocycles. The fraction of sp³-hybridized carbons (Fsp3) is 0.231. The average molecular weight is 290 g/mol. The molecule has 0 heterocycles. The summed E-state index contributed by atoms with van der Waals surface area (Å²) in [5.74, 6) is 0. The molecule has 0 saturated heterocycles. The van der Waals surface area contributed by atoms with Gasteiger partial charge in [-0.25, -0.2) is 0 Å². The molecular formula is C13H12BrN3. The highest BCUT2D eigenvalue weighted by atomic mass is 79.9. The van der Waals surface area contributed by atoms with E-state index in [1.807, 2.05) is 39.0 Å². The van der Waals surface area contributed by atoms with Gasteiger partial charge in [0.15, 0.2) is 0 Å². The zero-order chi connectivity index (χ0) is 13.0. The van der Waals surface area contributed by atoms with E-state index in [0.717, 1.165) is 26.9 Å². The number of rotatable bonds is 2. The second kappa shape index (κ2) is 5.52. The van der Waals surface area contributed by atoms with Gasteiger partial charge in [0.25, 0.3) is 0 Å². The minimum atomic E-state index is 0.0560.